The second-order valence-corrected chi connectivity index (χ2v) is 16.1. The fourth-order valence-electron chi connectivity index (χ4n) is 9.69. The largest absolute Gasteiger partial charge is 0.310 e. The number of nitrogens with zero attached hydrogens (tertiary/aromatic N) is 2. The van der Waals surface area contributed by atoms with Gasteiger partial charge in [0.1, 0.15) is 0 Å². The van der Waals surface area contributed by atoms with Gasteiger partial charge in [-0.25, -0.2) is 0 Å². The molecule has 11 rings (SSSR count). The summed E-state index contributed by atoms with van der Waals surface area (Å²) in [6, 6.07) is 96.8. The highest BCUT2D eigenvalue weighted by Gasteiger charge is 2.38. The Morgan fingerprint density at radius 2 is 0.746 bits per heavy atom. The van der Waals surface area contributed by atoms with Gasteiger partial charge in [0.15, 0.2) is 0 Å². The Bertz CT molecular complexity index is 3190. The van der Waals surface area contributed by atoms with E-state index < -0.39 is 5.41 Å². The molecule has 0 saturated heterocycles. The van der Waals surface area contributed by atoms with E-state index in [0.717, 1.165) is 33.8 Å². The predicted octanol–water partition coefficient (Wildman–Crippen LogP) is 16.0. The molecule has 1 heterocycles. The Balaban J connectivity index is 1.04. The van der Waals surface area contributed by atoms with Crippen molar-refractivity contribution in [3.05, 3.63) is 289 Å². The van der Waals surface area contributed by atoms with E-state index in [1.54, 1.807) is 0 Å². The van der Waals surface area contributed by atoms with Crippen LogP contribution in [-0.4, -0.2) is 4.57 Å². The van der Waals surface area contributed by atoms with Gasteiger partial charge in [-0.15, -0.1) is 0 Å². The molecule has 2 heteroatoms. The van der Waals surface area contributed by atoms with Gasteiger partial charge in [0.25, 0.3) is 0 Å². The molecule has 11 aromatic rings. The topological polar surface area (TPSA) is 8.17 Å². The zero-order valence-electron chi connectivity index (χ0n) is 34.8. The Hall–Kier alpha value is -8.20. The lowest BCUT2D eigenvalue weighted by molar-refractivity contribution is 0.745. The second-order valence-electron chi connectivity index (χ2n) is 16.1. The molecule has 0 spiro atoms. The van der Waals surface area contributed by atoms with Crippen molar-refractivity contribution in [1.82, 2.24) is 4.57 Å². The third kappa shape index (κ3) is 6.70. The number of anilines is 3. The van der Waals surface area contributed by atoms with Crippen LogP contribution in [0.15, 0.2) is 267 Å². The van der Waals surface area contributed by atoms with Gasteiger partial charge in [0.05, 0.1) is 22.1 Å². The van der Waals surface area contributed by atoms with Gasteiger partial charge in [-0.1, -0.05) is 218 Å². The van der Waals surface area contributed by atoms with Crippen LogP contribution in [0, 0.1) is 0 Å². The van der Waals surface area contributed by atoms with Gasteiger partial charge in [-0.2, -0.15) is 0 Å². The average molecular weight is 805 g/mol. The van der Waals surface area contributed by atoms with Crippen LogP contribution >= 0.6 is 0 Å². The lowest BCUT2D eigenvalue weighted by atomic mass is 9.65. The van der Waals surface area contributed by atoms with Crippen molar-refractivity contribution >= 4 is 38.9 Å². The van der Waals surface area contributed by atoms with Crippen molar-refractivity contribution in [3.63, 3.8) is 0 Å². The first-order chi connectivity index (χ1) is 31.3. The summed E-state index contributed by atoms with van der Waals surface area (Å²) < 4.78 is 2.39. The van der Waals surface area contributed by atoms with E-state index >= 15 is 0 Å². The van der Waals surface area contributed by atoms with Crippen molar-refractivity contribution in [3.8, 4) is 27.9 Å². The highest BCUT2D eigenvalue weighted by Crippen LogP contribution is 2.47. The molecule has 0 fully saturated rings. The lowest BCUT2D eigenvalue weighted by Crippen LogP contribution is -2.30. The number of para-hydroxylation sites is 3. The van der Waals surface area contributed by atoms with Crippen LogP contribution in [0.2, 0.25) is 0 Å². The van der Waals surface area contributed by atoms with Crippen LogP contribution in [0.5, 0.6) is 0 Å². The summed E-state index contributed by atoms with van der Waals surface area (Å²) in [6.45, 7) is 0. The van der Waals surface area contributed by atoms with Gasteiger partial charge in [0, 0.05) is 33.4 Å². The first-order valence-electron chi connectivity index (χ1n) is 21.7. The molecule has 0 aliphatic heterocycles. The molecule has 2 nitrogen and oxygen atoms in total. The number of rotatable bonds is 10. The van der Waals surface area contributed by atoms with Crippen LogP contribution in [0.4, 0.5) is 17.1 Å². The van der Waals surface area contributed by atoms with Crippen molar-refractivity contribution in [2.24, 2.45) is 0 Å². The third-order valence-electron chi connectivity index (χ3n) is 12.6. The molecule has 0 unspecified atom stereocenters. The maximum absolute atomic E-state index is 2.41. The molecule has 1 aromatic heterocycles. The lowest BCUT2D eigenvalue weighted by Gasteiger charge is -2.37. The summed E-state index contributed by atoms with van der Waals surface area (Å²) in [5, 5.41) is 2.46. The summed E-state index contributed by atoms with van der Waals surface area (Å²) >= 11 is 0. The maximum Gasteiger partial charge on any atom is 0.0701 e. The number of hydrogen-bond acceptors (Lipinski definition) is 1. The molecule has 0 amide bonds. The van der Waals surface area contributed by atoms with E-state index in [9.17, 15) is 0 Å². The first kappa shape index (κ1) is 37.8. The van der Waals surface area contributed by atoms with Gasteiger partial charge in [0.2, 0.25) is 0 Å². The molecule has 0 aliphatic carbocycles. The van der Waals surface area contributed by atoms with Crippen molar-refractivity contribution in [2.45, 2.75) is 5.41 Å². The van der Waals surface area contributed by atoms with Crippen molar-refractivity contribution in [2.75, 3.05) is 4.90 Å². The molecule has 63 heavy (non-hydrogen) atoms. The maximum atomic E-state index is 2.41. The minimum absolute atomic E-state index is 0.494. The Morgan fingerprint density at radius 3 is 1.35 bits per heavy atom. The van der Waals surface area contributed by atoms with Gasteiger partial charge in [-0.3, -0.25) is 0 Å². The van der Waals surface area contributed by atoms with Crippen LogP contribution in [0.25, 0.3) is 49.7 Å². The van der Waals surface area contributed by atoms with Gasteiger partial charge >= 0.3 is 0 Å². The SMILES string of the molecule is c1ccc(-c2ccccc2N(c2ccc(-c3ccc(C(c4ccccc4)(c4ccccc4)c4ccccc4)cc3)cc2)c2ccc3c4ccccc4n(-c4ccccc4)c3c2)cc1. The molecular formula is C61H44N2. The monoisotopic (exact) mass is 804 g/mol. The predicted molar refractivity (Wildman–Crippen MR) is 265 cm³/mol. The molecule has 0 bridgehead atoms. The van der Waals surface area contributed by atoms with E-state index in [1.807, 2.05) is 0 Å². The second kappa shape index (κ2) is 16.3. The summed E-state index contributed by atoms with van der Waals surface area (Å²) in [6.07, 6.45) is 0. The average Bonchev–Trinajstić information content (AvgIpc) is 3.70. The Morgan fingerprint density at radius 1 is 0.302 bits per heavy atom. The number of aromatic nitrogens is 1. The standard InChI is InChI=1S/C61H44N2/c1-6-20-47(21-7-1)55-30-16-18-32-58(55)62(54-42-43-57-56-31-17-19-33-59(56)63(60(57)44-54)52-28-14-5-15-29-52)53-40-36-46(37-41-53)45-34-38-51(39-35-45)61(48-22-8-2-9-23-48,49-24-10-3-11-25-49)50-26-12-4-13-27-50/h1-44H. The van der Waals surface area contributed by atoms with E-state index in [4.69, 9.17) is 0 Å². The quantitative estimate of drug-likeness (QED) is 0.125. The molecule has 0 radical (unpaired) electrons. The first-order valence-corrected chi connectivity index (χ1v) is 21.7. The van der Waals surface area contributed by atoms with Crippen LogP contribution in [0.3, 0.4) is 0 Å². The summed E-state index contributed by atoms with van der Waals surface area (Å²) in [5.41, 5.74) is 15.9. The van der Waals surface area contributed by atoms with E-state index in [1.165, 1.54) is 55.2 Å². The molecular weight excluding hydrogens is 761 g/mol. The summed E-state index contributed by atoms with van der Waals surface area (Å²) in [4.78, 5) is 2.41. The highest BCUT2D eigenvalue weighted by atomic mass is 15.1. The molecule has 0 atom stereocenters. The third-order valence-corrected chi connectivity index (χ3v) is 12.6. The van der Waals surface area contributed by atoms with Crippen molar-refractivity contribution in [1.29, 1.82) is 0 Å². The number of benzene rings is 10. The fraction of sp³-hybridized carbons (Fsp3) is 0.0164. The highest BCUT2D eigenvalue weighted by molar-refractivity contribution is 6.10. The molecule has 0 aliphatic rings. The smallest absolute Gasteiger partial charge is 0.0701 e. The summed E-state index contributed by atoms with van der Waals surface area (Å²) in [7, 11) is 0. The fourth-order valence-corrected chi connectivity index (χ4v) is 9.69. The van der Waals surface area contributed by atoms with E-state index in [-0.39, 0.29) is 0 Å². The van der Waals surface area contributed by atoms with Gasteiger partial charge < -0.3 is 9.47 Å². The zero-order valence-corrected chi connectivity index (χ0v) is 34.8. The zero-order chi connectivity index (χ0) is 42.0. The number of fused-ring (bicyclic) bond motifs is 3. The Kier molecular flexibility index (Phi) is 9.80. The molecule has 0 saturated carbocycles. The number of hydrogen-bond donors (Lipinski definition) is 0. The molecule has 298 valence electrons. The van der Waals surface area contributed by atoms with E-state index in [0.29, 0.717) is 0 Å². The van der Waals surface area contributed by atoms with Crippen LogP contribution in [-0.2, 0) is 5.41 Å². The minimum Gasteiger partial charge on any atom is -0.310 e. The van der Waals surface area contributed by atoms with E-state index in [2.05, 4.69) is 276 Å². The van der Waals surface area contributed by atoms with Crippen LogP contribution < -0.4 is 4.90 Å². The Labute approximate surface area is 369 Å². The van der Waals surface area contributed by atoms with Gasteiger partial charge in [-0.05, 0) is 87.5 Å². The minimum atomic E-state index is -0.494. The molecule has 10 aromatic carbocycles. The summed E-state index contributed by atoms with van der Waals surface area (Å²) in [5.74, 6) is 0. The molecule has 0 N–H and O–H groups in total. The van der Waals surface area contributed by atoms with Crippen molar-refractivity contribution < 1.29 is 0 Å². The van der Waals surface area contributed by atoms with Crippen LogP contribution in [0.1, 0.15) is 22.3 Å². The normalized spacial score (nSPS) is 11.5.